The Balaban J connectivity index is 2.93. The maximum atomic E-state index is 10.9. The number of hydrogen-bond acceptors (Lipinski definition) is 4. The van der Waals surface area contributed by atoms with Gasteiger partial charge >= 0.3 is 5.97 Å². The van der Waals surface area contributed by atoms with Gasteiger partial charge in [0.25, 0.3) is 0 Å². The topological polar surface area (TPSA) is 66.6 Å². The molecule has 1 heterocycles. The molecule has 0 saturated carbocycles. The molecule has 18 heavy (non-hydrogen) atoms. The molecule has 0 aliphatic carbocycles. The second-order valence-corrected chi connectivity index (χ2v) is 5.34. The summed E-state index contributed by atoms with van der Waals surface area (Å²) in [4.78, 5) is 17.3. The highest BCUT2D eigenvalue weighted by atomic mass is 16.4. The Bertz CT molecular complexity index is 437. The molecule has 0 bridgehead atoms. The highest BCUT2D eigenvalue weighted by Gasteiger charge is 2.32. The Hall–Kier alpha value is -1.36. The van der Waals surface area contributed by atoms with Crippen molar-refractivity contribution >= 4 is 5.97 Å². The molecule has 0 spiro atoms. The first kappa shape index (κ1) is 14.7. The monoisotopic (exact) mass is 254 g/mol. The molecule has 1 unspecified atom stereocenters. The fourth-order valence-corrected chi connectivity index (χ4v) is 2.14. The zero-order chi connectivity index (χ0) is 14.1. The predicted molar refractivity (Wildman–Crippen MR) is 68.5 cm³/mol. The van der Waals surface area contributed by atoms with E-state index >= 15 is 0 Å². The van der Waals surface area contributed by atoms with Crippen LogP contribution in [0.5, 0.6) is 0 Å². The normalized spacial score (nSPS) is 13.9. The van der Waals surface area contributed by atoms with Crippen LogP contribution in [-0.2, 0) is 4.79 Å². The Labute approximate surface area is 108 Å². The van der Waals surface area contributed by atoms with Crippen molar-refractivity contribution in [1.82, 2.24) is 9.88 Å². The van der Waals surface area contributed by atoms with Crippen LogP contribution in [0.4, 0.5) is 0 Å². The lowest BCUT2D eigenvalue weighted by atomic mass is 9.96. The zero-order valence-electron chi connectivity index (χ0n) is 11.9. The Morgan fingerprint density at radius 1 is 1.50 bits per heavy atom. The molecule has 0 aromatic carbocycles. The van der Waals surface area contributed by atoms with E-state index in [9.17, 15) is 4.79 Å². The fraction of sp³-hybridized carbons (Fsp3) is 0.692. The molecule has 0 aliphatic rings. The van der Waals surface area contributed by atoms with E-state index in [1.165, 1.54) is 0 Å². The van der Waals surface area contributed by atoms with Gasteiger partial charge in [0.2, 0.25) is 0 Å². The molecule has 1 aromatic heterocycles. The zero-order valence-corrected chi connectivity index (χ0v) is 11.9. The highest BCUT2D eigenvalue weighted by molar-refractivity contribution is 5.68. The number of rotatable bonds is 5. The molecule has 1 atom stereocenters. The first-order valence-electron chi connectivity index (χ1n) is 6.04. The van der Waals surface area contributed by atoms with Crippen molar-refractivity contribution in [2.24, 2.45) is 0 Å². The quantitative estimate of drug-likeness (QED) is 0.874. The SMILES string of the molecule is Cc1nc(C(C)N(C)C(C)(C)CC(=O)O)c(C)o1. The minimum Gasteiger partial charge on any atom is -0.481 e. The molecule has 0 saturated heterocycles. The summed E-state index contributed by atoms with van der Waals surface area (Å²) < 4.78 is 5.43. The van der Waals surface area contributed by atoms with Crippen LogP contribution in [0.25, 0.3) is 0 Å². The molecule has 102 valence electrons. The third-order valence-corrected chi connectivity index (χ3v) is 3.45. The van der Waals surface area contributed by atoms with Crippen LogP contribution in [0.2, 0.25) is 0 Å². The van der Waals surface area contributed by atoms with Gasteiger partial charge in [-0.1, -0.05) is 0 Å². The van der Waals surface area contributed by atoms with Gasteiger partial charge in [-0.3, -0.25) is 9.69 Å². The lowest BCUT2D eigenvalue weighted by Gasteiger charge is -2.38. The lowest BCUT2D eigenvalue weighted by molar-refractivity contribution is -0.140. The third-order valence-electron chi connectivity index (χ3n) is 3.45. The largest absolute Gasteiger partial charge is 0.481 e. The molecular formula is C13H22N2O3. The average molecular weight is 254 g/mol. The van der Waals surface area contributed by atoms with Gasteiger partial charge in [0.05, 0.1) is 18.2 Å². The minimum absolute atomic E-state index is 0.0109. The summed E-state index contributed by atoms with van der Waals surface area (Å²) in [6, 6.07) is 0.0109. The van der Waals surface area contributed by atoms with Crippen LogP contribution in [-0.4, -0.2) is 33.5 Å². The maximum Gasteiger partial charge on any atom is 0.305 e. The molecule has 5 nitrogen and oxygen atoms in total. The van der Waals surface area contributed by atoms with Crippen LogP contribution in [0.1, 0.15) is 50.6 Å². The van der Waals surface area contributed by atoms with Gasteiger partial charge in [-0.25, -0.2) is 4.98 Å². The van der Waals surface area contributed by atoms with E-state index in [2.05, 4.69) is 4.98 Å². The van der Waals surface area contributed by atoms with Crippen LogP contribution in [0.3, 0.4) is 0 Å². The first-order valence-corrected chi connectivity index (χ1v) is 6.04. The summed E-state index contributed by atoms with van der Waals surface area (Å²) in [5.41, 5.74) is 0.429. The van der Waals surface area contributed by atoms with Gasteiger partial charge in [0, 0.05) is 12.5 Å². The summed E-state index contributed by atoms with van der Waals surface area (Å²) in [6.45, 7) is 9.53. The van der Waals surface area contributed by atoms with Crippen molar-refractivity contribution in [3.63, 3.8) is 0 Å². The number of hydrogen-bond donors (Lipinski definition) is 1. The molecule has 0 amide bonds. The number of nitrogens with zero attached hydrogens (tertiary/aromatic N) is 2. The van der Waals surface area contributed by atoms with Crippen molar-refractivity contribution in [2.75, 3.05) is 7.05 Å². The highest BCUT2D eigenvalue weighted by Crippen LogP contribution is 2.29. The molecule has 5 heteroatoms. The van der Waals surface area contributed by atoms with Crippen LogP contribution < -0.4 is 0 Å². The van der Waals surface area contributed by atoms with Gasteiger partial charge < -0.3 is 9.52 Å². The van der Waals surface area contributed by atoms with Crippen LogP contribution >= 0.6 is 0 Å². The number of oxazole rings is 1. The standard InChI is InChI=1S/C13H22N2O3/c1-8(12-9(2)18-10(3)14-12)15(6)13(4,5)7-11(16)17/h8H,7H2,1-6H3,(H,16,17). The summed E-state index contributed by atoms with van der Waals surface area (Å²) in [5.74, 6) is 0.629. The number of carboxylic acid groups (broad SMARTS) is 1. The van der Waals surface area contributed by atoms with Crippen molar-refractivity contribution in [1.29, 1.82) is 0 Å². The number of aromatic nitrogens is 1. The van der Waals surface area contributed by atoms with Gasteiger partial charge in [0.1, 0.15) is 5.76 Å². The van der Waals surface area contributed by atoms with Crippen LogP contribution in [0, 0.1) is 13.8 Å². The summed E-state index contributed by atoms with van der Waals surface area (Å²) >= 11 is 0. The molecule has 0 fully saturated rings. The molecular weight excluding hydrogens is 232 g/mol. The van der Waals surface area contributed by atoms with Gasteiger partial charge in [-0.05, 0) is 34.7 Å². The van der Waals surface area contributed by atoms with Gasteiger partial charge in [0.15, 0.2) is 5.89 Å². The fourth-order valence-electron chi connectivity index (χ4n) is 2.14. The molecule has 1 N–H and O–H groups in total. The lowest BCUT2D eigenvalue weighted by Crippen LogP contribution is -2.44. The average Bonchev–Trinajstić information content (AvgIpc) is 2.53. The van der Waals surface area contributed by atoms with E-state index in [0.717, 1.165) is 11.5 Å². The predicted octanol–water partition coefficient (Wildman–Crippen LogP) is 2.54. The van der Waals surface area contributed by atoms with Gasteiger partial charge in [-0.2, -0.15) is 0 Å². The minimum atomic E-state index is -0.799. The van der Waals surface area contributed by atoms with E-state index in [0.29, 0.717) is 5.89 Å². The van der Waals surface area contributed by atoms with Crippen molar-refractivity contribution in [3.8, 4) is 0 Å². The van der Waals surface area contributed by atoms with E-state index in [-0.39, 0.29) is 12.5 Å². The smallest absolute Gasteiger partial charge is 0.305 e. The van der Waals surface area contributed by atoms with Crippen molar-refractivity contribution < 1.29 is 14.3 Å². The number of carboxylic acids is 1. The molecule has 0 radical (unpaired) electrons. The van der Waals surface area contributed by atoms with Crippen molar-refractivity contribution in [2.45, 2.75) is 52.6 Å². The van der Waals surface area contributed by atoms with E-state index in [1.807, 2.05) is 46.6 Å². The van der Waals surface area contributed by atoms with Crippen LogP contribution in [0.15, 0.2) is 4.42 Å². The Morgan fingerprint density at radius 3 is 2.44 bits per heavy atom. The Kier molecular flexibility index (Phi) is 4.16. The van der Waals surface area contributed by atoms with E-state index < -0.39 is 11.5 Å². The second-order valence-electron chi connectivity index (χ2n) is 5.34. The summed E-state index contributed by atoms with van der Waals surface area (Å²) in [5, 5.41) is 8.95. The Morgan fingerprint density at radius 2 is 2.06 bits per heavy atom. The van der Waals surface area contributed by atoms with Crippen molar-refractivity contribution in [3.05, 3.63) is 17.3 Å². The maximum absolute atomic E-state index is 10.9. The summed E-state index contributed by atoms with van der Waals surface area (Å²) in [7, 11) is 1.91. The third kappa shape index (κ3) is 3.10. The number of aryl methyl sites for hydroxylation is 2. The number of carbonyl (C=O) groups is 1. The van der Waals surface area contributed by atoms with Gasteiger partial charge in [-0.15, -0.1) is 0 Å². The molecule has 1 aromatic rings. The van der Waals surface area contributed by atoms with E-state index in [4.69, 9.17) is 9.52 Å². The number of aliphatic carboxylic acids is 1. The summed E-state index contributed by atoms with van der Waals surface area (Å²) in [6.07, 6.45) is 0.0870. The van der Waals surface area contributed by atoms with E-state index in [1.54, 1.807) is 0 Å². The second kappa shape index (κ2) is 5.10. The molecule has 0 aliphatic heterocycles. The first-order chi connectivity index (χ1) is 8.15. The molecule has 1 rings (SSSR count).